The Kier molecular flexibility index (Phi) is 7.94. The zero-order valence-electron chi connectivity index (χ0n) is 19.6. The minimum atomic E-state index is -4.54. The molecule has 0 unspecified atom stereocenters. The topological polar surface area (TPSA) is 35.6 Å². The third kappa shape index (κ3) is 5.53. The van der Waals surface area contributed by atoms with E-state index in [9.17, 15) is 13.2 Å². The van der Waals surface area contributed by atoms with Crippen LogP contribution in [0.2, 0.25) is 15.1 Å². The number of para-hydroxylation sites is 2. The lowest BCUT2D eigenvalue weighted by Crippen LogP contribution is -2.09. The number of thioether (sulfide) groups is 2. The third-order valence-electron chi connectivity index (χ3n) is 5.81. The van der Waals surface area contributed by atoms with Gasteiger partial charge in [-0.1, -0.05) is 76.9 Å². The fourth-order valence-electron chi connectivity index (χ4n) is 4.06. The maximum atomic E-state index is 13.6. The van der Waals surface area contributed by atoms with Crippen LogP contribution in [0.4, 0.5) is 13.2 Å². The van der Waals surface area contributed by atoms with Crippen LogP contribution in [-0.4, -0.2) is 19.3 Å². The van der Waals surface area contributed by atoms with Gasteiger partial charge in [0.2, 0.25) is 0 Å². The number of hydrogen-bond acceptors (Lipinski definition) is 4. The van der Waals surface area contributed by atoms with E-state index < -0.39 is 11.7 Å². The van der Waals surface area contributed by atoms with Gasteiger partial charge in [-0.3, -0.25) is 4.57 Å². The summed E-state index contributed by atoms with van der Waals surface area (Å²) in [6, 6.07) is 16.9. The molecule has 3 aromatic carbocycles. The van der Waals surface area contributed by atoms with E-state index in [2.05, 4.69) is 20.8 Å². The van der Waals surface area contributed by atoms with Crippen molar-refractivity contribution in [1.29, 1.82) is 0 Å². The van der Waals surface area contributed by atoms with Crippen LogP contribution < -0.4 is 0 Å². The quantitative estimate of drug-likeness (QED) is 0.171. The molecule has 5 rings (SSSR count). The Balaban J connectivity index is 1.50. The lowest BCUT2D eigenvalue weighted by Gasteiger charge is -2.15. The smallest absolute Gasteiger partial charge is 0.349 e. The highest BCUT2D eigenvalue weighted by atomic mass is 35.5. The normalized spacial score (nSPS) is 12.0. The van der Waals surface area contributed by atoms with E-state index in [-0.39, 0.29) is 16.3 Å². The first-order valence-corrected chi connectivity index (χ1v) is 14.3. The van der Waals surface area contributed by atoms with Crippen molar-refractivity contribution < 1.29 is 13.2 Å². The first kappa shape index (κ1) is 27.3. The molecule has 0 radical (unpaired) electrons. The highest BCUT2D eigenvalue weighted by molar-refractivity contribution is 7.99. The number of aromatic nitrogens is 4. The predicted octanol–water partition coefficient (Wildman–Crippen LogP) is 9.32. The average Bonchev–Trinajstić information content (AvgIpc) is 3.42. The van der Waals surface area contributed by atoms with E-state index in [4.69, 9.17) is 34.8 Å². The molecule has 0 aliphatic carbocycles. The van der Waals surface area contributed by atoms with Gasteiger partial charge in [-0.05, 0) is 35.9 Å². The fraction of sp³-hybridized carbons (Fsp3) is 0.154. The van der Waals surface area contributed by atoms with Gasteiger partial charge in [0.1, 0.15) is 5.82 Å². The number of aryl methyl sites for hydroxylation is 1. The highest BCUT2D eigenvalue weighted by Gasteiger charge is 2.33. The molecular weight excluding hydrogens is 596 g/mol. The number of rotatable bonds is 7. The van der Waals surface area contributed by atoms with Gasteiger partial charge in [0.15, 0.2) is 5.16 Å². The van der Waals surface area contributed by atoms with Gasteiger partial charge < -0.3 is 4.57 Å². The summed E-state index contributed by atoms with van der Waals surface area (Å²) in [7, 11) is 1.99. The van der Waals surface area contributed by atoms with Gasteiger partial charge in [-0.15, -0.1) is 22.0 Å². The second-order valence-corrected chi connectivity index (χ2v) is 11.5. The van der Waals surface area contributed by atoms with Crippen LogP contribution in [0.5, 0.6) is 0 Å². The van der Waals surface area contributed by atoms with Gasteiger partial charge in [-0.2, -0.15) is 13.2 Å². The number of halogens is 6. The molecule has 38 heavy (non-hydrogen) atoms. The molecule has 5 aromatic rings. The molecule has 0 atom stereocenters. The first-order valence-electron chi connectivity index (χ1n) is 11.2. The van der Waals surface area contributed by atoms with Gasteiger partial charge in [0.05, 0.1) is 27.0 Å². The molecule has 0 saturated carbocycles. The van der Waals surface area contributed by atoms with Crippen molar-refractivity contribution in [2.45, 2.75) is 27.7 Å². The molecule has 4 nitrogen and oxygen atoms in total. The van der Waals surface area contributed by atoms with Crippen molar-refractivity contribution >= 4 is 69.2 Å². The minimum absolute atomic E-state index is 0.0112. The minimum Gasteiger partial charge on any atom is -0.349 e. The molecule has 196 valence electrons. The number of alkyl halides is 3. The summed E-state index contributed by atoms with van der Waals surface area (Å²) in [5.74, 6) is 0.980. The Morgan fingerprint density at radius 2 is 1.61 bits per heavy atom. The van der Waals surface area contributed by atoms with Crippen LogP contribution in [0.3, 0.4) is 0 Å². The monoisotopic (exact) mass is 612 g/mol. The number of hydrogen-bond donors (Lipinski definition) is 0. The third-order valence-corrected chi connectivity index (χ3v) is 8.67. The van der Waals surface area contributed by atoms with Gasteiger partial charge in [0.25, 0.3) is 0 Å². The van der Waals surface area contributed by atoms with E-state index in [0.717, 1.165) is 33.6 Å². The molecule has 0 aliphatic rings. The van der Waals surface area contributed by atoms with Gasteiger partial charge in [0, 0.05) is 39.8 Å². The van der Waals surface area contributed by atoms with E-state index >= 15 is 0 Å². The zero-order chi connectivity index (χ0) is 27.0. The summed E-state index contributed by atoms with van der Waals surface area (Å²) in [6.45, 7) is 0. The lowest BCUT2D eigenvalue weighted by atomic mass is 10.1. The van der Waals surface area contributed by atoms with Crippen molar-refractivity contribution in [3.8, 4) is 5.69 Å². The van der Waals surface area contributed by atoms with Crippen molar-refractivity contribution in [1.82, 2.24) is 19.3 Å². The summed E-state index contributed by atoms with van der Waals surface area (Å²) in [4.78, 5) is 1.06. The van der Waals surface area contributed by atoms with E-state index in [1.54, 1.807) is 34.5 Å². The van der Waals surface area contributed by atoms with Crippen molar-refractivity contribution in [3.05, 3.63) is 98.9 Å². The van der Waals surface area contributed by atoms with Crippen LogP contribution in [0.15, 0.2) is 76.9 Å². The standard InChI is InChI=1S/C26H18Cl3F3N4S2/c1-35-12-22(17-5-2-3-8-21(17)35)37-14-23-33-34-25(36(23)24-19(28)6-4-7-20(24)29)38-13-15-9-10-16(27)11-18(15)26(30,31)32/h2-12H,13-14H2,1H3. The zero-order valence-corrected chi connectivity index (χ0v) is 23.5. The summed E-state index contributed by atoms with van der Waals surface area (Å²) in [6.07, 6.45) is -2.49. The average molecular weight is 614 g/mol. The molecule has 0 N–H and O–H groups in total. The van der Waals surface area contributed by atoms with E-state index in [1.165, 1.54) is 12.1 Å². The molecule has 0 spiro atoms. The molecule has 2 heterocycles. The molecular formula is C26H18Cl3F3N4S2. The summed E-state index contributed by atoms with van der Waals surface area (Å²) < 4.78 is 44.7. The number of fused-ring (bicyclic) bond motifs is 1. The highest BCUT2D eigenvalue weighted by Crippen LogP contribution is 2.39. The number of nitrogens with zero attached hydrogens (tertiary/aromatic N) is 4. The molecule has 2 aromatic heterocycles. The van der Waals surface area contributed by atoms with Crippen LogP contribution in [-0.2, 0) is 24.7 Å². The fourth-order valence-corrected chi connectivity index (χ4v) is 6.79. The van der Waals surface area contributed by atoms with Crippen molar-refractivity contribution in [2.24, 2.45) is 7.05 Å². The Bertz CT molecular complexity index is 1610. The largest absolute Gasteiger partial charge is 0.416 e. The van der Waals surface area contributed by atoms with Crippen molar-refractivity contribution in [2.75, 3.05) is 0 Å². The maximum Gasteiger partial charge on any atom is 0.416 e. The molecule has 0 amide bonds. The Morgan fingerprint density at radius 3 is 2.34 bits per heavy atom. The summed E-state index contributed by atoms with van der Waals surface area (Å²) in [5, 5.41) is 10.9. The van der Waals surface area contributed by atoms with Crippen LogP contribution >= 0.6 is 58.3 Å². The Hall–Kier alpha value is -2.30. The van der Waals surface area contributed by atoms with Gasteiger partial charge >= 0.3 is 6.18 Å². The van der Waals surface area contributed by atoms with Crippen LogP contribution in [0.25, 0.3) is 16.6 Å². The second kappa shape index (κ2) is 11.1. The molecule has 0 bridgehead atoms. The summed E-state index contributed by atoms with van der Waals surface area (Å²) >= 11 is 21.6. The van der Waals surface area contributed by atoms with Crippen molar-refractivity contribution in [3.63, 3.8) is 0 Å². The van der Waals surface area contributed by atoms with Crippen LogP contribution in [0.1, 0.15) is 17.0 Å². The predicted molar refractivity (Wildman–Crippen MR) is 150 cm³/mol. The van der Waals surface area contributed by atoms with E-state index in [1.807, 2.05) is 31.4 Å². The van der Waals surface area contributed by atoms with E-state index in [0.29, 0.717) is 32.5 Å². The molecule has 0 aliphatic heterocycles. The Morgan fingerprint density at radius 1 is 0.868 bits per heavy atom. The number of benzene rings is 3. The molecule has 0 saturated heterocycles. The molecule has 12 heteroatoms. The molecule has 0 fully saturated rings. The lowest BCUT2D eigenvalue weighted by molar-refractivity contribution is -0.138. The Labute approximate surface area is 240 Å². The van der Waals surface area contributed by atoms with Crippen LogP contribution in [0, 0.1) is 0 Å². The second-order valence-electron chi connectivity index (χ2n) is 8.30. The SMILES string of the molecule is Cn1cc(SCc2nnc(SCc3ccc(Cl)cc3C(F)(F)F)n2-c2c(Cl)cccc2Cl)c2ccccc21. The maximum absolute atomic E-state index is 13.6. The van der Waals surface area contributed by atoms with Gasteiger partial charge in [-0.25, -0.2) is 0 Å². The summed E-state index contributed by atoms with van der Waals surface area (Å²) in [5.41, 5.74) is 0.874. The first-order chi connectivity index (χ1) is 18.1.